The topological polar surface area (TPSA) is 26.0 Å². The van der Waals surface area contributed by atoms with Crippen molar-refractivity contribution in [3.63, 3.8) is 0 Å². The minimum Gasteiger partial charge on any atom is -0.320 e. The van der Waals surface area contributed by atoms with Gasteiger partial charge in [-0.25, -0.2) is 0 Å². The van der Waals surface area contributed by atoms with Crippen molar-refractivity contribution < 1.29 is 0 Å². The zero-order valence-electron chi connectivity index (χ0n) is 6.14. The average molecular weight is 147 g/mol. The van der Waals surface area contributed by atoms with Gasteiger partial charge in [-0.1, -0.05) is 32.6 Å². The Morgan fingerprint density at radius 3 is 2.44 bits per heavy atom. The smallest absolute Gasteiger partial charge is 0.0477 e. The molecule has 0 aromatic carbocycles. The standard InChI is InChI=1S/C7H17NS/c1-2-3-4-5-6-7(8)9/h7,9H,2-6,8H2,1H3/t7-/m0/s1. The van der Waals surface area contributed by atoms with E-state index in [1.165, 1.54) is 25.7 Å². The number of thiol groups is 1. The fourth-order valence-electron chi connectivity index (χ4n) is 0.780. The molecule has 0 amide bonds. The molecule has 0 saturated heterocycles. The molecular formula is C7H17NS. The molecule has 2 heteroatoms. The molecule has 0 aliphatic carbocycles. The maximum Gasteiger partial charge on any atom is 0.0477 e. The average Bonchev–Trinajstić information content (AvgIpc) is 1.80. The predicted molar refractivity (Wildman–Crippen MR) is 45.7 cm³/mol. The van der Waals surface area contributed by atoms with Gasteiger partial charge in [0.1, 0.15) is 0 Å². The van der Waals surface area contributed by atoms with E-state index in [1.54, 1.807) is 0 Å². The van der Waals surface area contributed by atoms with Gasteiger partial charge in [-0.05, 0) is 6.42 Å². The minimum atomic E-state index is 0.0989. The van der Waals surface area contributed by atoms with E-state index in [0.717, 1.165) is 6.42 Å². The lowest BCUT2D eigenvalue weighted by atomic mass is 10.1. The van der Waals surface area contributed by atoms with E-state index >= 15 is 0 Å². The fourth-order valence-corrected chi connectivity index (χ4v) is 0.963. The molecule has 0 heterocycles. The van der Waals surface area contributed by atoms with Gasteiger partial charge in [-0.3, -0.25) is 0 Å². The van der Waals surface area contributed by atoms with Crippen molar-refractivity contribution in [2.75, 3.05) is 0 Å². The molecule has 0 aliphatic heterocycles. The molecule has 0 spiro atoms. The van der Waals surface area contributed by atoms with Gasteiger partial charge in [-0.15, -0.1) is 0 Å². The van der Waals surface area contributed by atoms with Gasteiger partial charge >= 0.3 is 0 Å². The third kappa shape index (κ3) is 8.31. The molecule has 1 atom stereocenters. The summed E-state index contributed by atoms with van der Waals surface area (Å²) in [6.07, 6.45) is 6.23. The van der Waals surface area contributed by atoms with Crippen LogP contribution in [0.15, 0.2) is 0 Å². The number of hydrogen-bond donors (Lipinski definition) is 2. The van der Waals surface area contributed by atoms with Crippen LogP contribution < -0.4 is 5.73 Å². The molecule has 0 unspecified atom stereocenters. The van der Waals surface area contributed by atoms with Crippen molar-refractivity contribution >= 4 is 12.6 Å². The molecule has 0 aromatic heterocycles. The summed E-state index contributed by atoms with van der Waals surface area (Å²) in [7, 11) is 0. The first kappa shape index (κ1) is 9.31. The third-order valence-electron chi connectivity index (χ3n) is 1.35. The lowest BCUT2D eigenvalue weighted by molar-refractivity contribution is 0.625. The highest BCUT2D eigenvalue weighted by molar-refractivity contribution is 7.80. The van der Waals surface area contributed by atoms with Crippen molar-refractivity contribution in [1.29, 1.82) is 0 Å². The van der Waals surface area contributed by atoms with Crippen LogP contribution in [0, 0.1) is 0 Å². The predicted octanol–water partition coefficient (Wildman–Crippen LogP) is 2.17. The molecule has 1 nitrogen and oxygen atoms in total. The van der Waals surface area contributed by atoms with Crippen LogP contribution in [0.5, 0.6) is 0 Å². The SMILES string of the molecule is CCCCCC[C@@H](N)S. The van der Waals surface area contributed by atoms with Gasteiger partial charge in [0.25, 0.3) is 0 Å². The second-order valence-corrected chi connectivity index (χ2v) is 3.08. The maximum atomic E-state index is 5.44. The van der Waals surface area contributed by atoms with E-state index in [-0.39, 0.29) is 5.37 Å². The first-order valence-electron chi connectivity index (χ1n) is 3.71. The Hall–Kier alpha value is 0.310. The summed E-state index contributed by atoms with van der Waals surface area (Å²) < 4.78 is 0. The zero-order valence-corrected chi connectivity index (χ0v) is 7.03. The maximum absolute atomic E-state index is 5.44. The quantitative estimate of drug-likeness (QED) is 0.348. The molecule has 0 bridgehead atoms. The molecule has 9 heavy (non-hydrogen) atoms. The summed E-state index contributed by atoms with van der Waals surface area (Å²) in [5.41, 5.74) is 5.44. The van der Waals surface area contributed by atoms with Gasteiger partial charge in [0.15, 0.2) is 0 Å². The molecule has 56 valence electrons. The summed E-state index contributed by atoms with van der Waals surface area (Å²) in [6, 6.07) is 0. The Balaban J connectivity index is 2.75. The van der Waals surface area contributed by atoms with E-state index in [0.29, 0.717) is 0 Å². The Morgan fingerprint density at radius 2 is 2.00 bits per heavy atom. The van der Waals surface area contributed by atoms with Gasteiger partial charge in [0.2, 0.25) is 0 Å². The van der Waals surface area contributed by atoms with Crippen LogP contribution in [0.25, 0.3) is 0 Å². The highest BCUT2D eigenvalue weighted by atomic mass is 32.1. The third-order valence-corrected chi connectivity index (χ3v) is 1.61. The van der Waals surface area contributed by atoms with E-state index in [2.05, 4.69) is 19.6 Å². The summed E-state index contributed by atoms with van der Waals surface area (Å²) in [5, 5.41) is 0.0989. The van der Waals surface area contributed by atoms with Gasteiger partial charge in [-0.2, -0.15) is 12.6 Å². The van der Waals surface area contributed by atoms with Gasteiger partial charge in [0, 0.05) is 5.37 Å². The number of rotatable bonds is 5. The Labute approximate surface area is 63.4 Å². The molecule has 0 radical (unpaired) electrons. The summed E-state index contributed by atoms with van der Waals surface area (Å²) >= 11 is 4.08. The Morgan fingerprint density at radius 1 is 1.33 bits per heavy atom. The van der Waals surface area contributed by atoms with Crippen LogP contribution in [0.2, 0.25) is 0 Å². The molecule has 0 aromatic rings. The van der Waals surface area contributed by atoms with Crippen LogP contribution in [0.4, 0.5) is 0 Å². The highest BCUT2D eigenvalue weighted by Gasteiger charge is 1.92. The Bertz CT molecular complexity index is 54.9. The normalized spacial score (nSPS) is 13.7. The molecule has 2 N–H and O–H groups in total. The summed E-state index contributed by atoms with van der Waals surface area (Å²) in [5.74, 6) is 0. The highest BCUT2D eigenvalue weighted by Crippen LogP contribution is 2.05. The zero-order chi connectivity index (χ0) is 7.11. The fraction of sp³-hybridized carbons (Fsp3) is 1.00. The van der Waals surface area contributed by atoms with Crippen LogP contribution in [0.1, 0.15) is 39.0 Å². The van der Waals surface area contributed by atoms with Crippen molar-refractivity contribution in [2.45, 2.75) is 44.4 Å². The molecular weight excluding hydrogens is 130 g/mol. The van der Waals surface area contributed by atoms with E-state index in [9.17, 15) is 0 Å². The number of unbranched alkanes of at least 4 members (excludes halogenated alkanes) is 3. The first-order chi connectivity index (χ1) is 4.27. The van der Waals surface area contributed by atoms with Crippen LogP contribution >= 0.6 is 12.6 Å². The monoisotopic (exact) mass is 147 g/mol. The summed E-state index contributed by atoms with van der Waals surface area (Å²) in [4.78, 5) is 0. The van der Waals surface area contributed by atoms with Crippen LogP contribution in [-0.4, -0.2) is 5.37 Å². The molecule has 0 fully saturated rings. The largest absolute Gasteiger partial charge is 0.320 e. The number of hydrogen-bond acceptors (Lipinski definition) is 2. The summed E-state index contributed by atoms with van der Waals surface area (Å²) in [6.45, 7) is 2.21. The lowest BCUT2D eigenvalue weighted by Gasteiger charge is -2.01. The Kier molecular flexibility index (Phi) is 6.65. The second-order valence-electron chi connectivity index (χ2n) is 2.42. The van der Waals surface area contributed by atoms with Crippen molar-refractivity contribution in [2.24, 2.45) is 5.73 Å². The van der Waals surface area contributed by atoms with Crippen LogP contribution in [-0.2, 0) is 0 Å². The molecule has 0 aliphatic rings. The second kappa shape index (κ2) is 6.43. The van der Waals surface area contributed by atoms with Gasteiger partial charge < -0.3 is 5.73 Å². The van der Waals surface area contributed by atoms with Crippen molar-refractivity contribution in [1.82, 2.24) is 0 Å². The molecule has 0 saturated carbocycles. The number of nitrogens with two attached hydrogens (primary N) is 1. The van der Waals surface area contributed by atoms with E-state index < -0.39 is 0 Å². The van der Waals surface area contributed by atoms with E-state index in [4.69, 9.17) is 5.73 Å². The van der Waals surface area contributed by atoms with Crippen LogP contribution in [0.3, 0.4) is 0 Å². The minimum absolute atomic E-state index is 0.0989. The van der Waals surface area contributed by atoms with Crippen molar-refractivity contribution in [3.8, 4) is 0 Å². The van der Waals surface area contributed by atoms with Gasteiger partial charge in [0.05, 0.1) is 0 Å². The van der Waals surface area contributed by atoms with E-state index in [1.807, 2.05) is 0 Å². The first-order valence-corrected chi connectivity index (χ1v) is 4.22. The molecule has 0 rings (SSSR count). The van der Waals surface area contributed by atoms with Crippen molar-refractivity contribution in [3.05, 3.63) is 0 Å². The lowest BCUT2D eigenvalue weighted by Crippen LogP contribution is -2.10.